The van der Waals surface area contributed by atoms with Gasteiger partial charge in [-0.2, -0.15) is 0 Å². The Morgan fingerprint density at radius 2 is 1.75 bits per heavy atom. The zero-order valence-electron chi connectivity index (χ0n) is 22.9. The number of amides is 2. The van der Waals surface area contributed by atoms with Gasteiger partial charge >= 0.3 is 0 Å². The zero-order chi connectivity index (χ0) is 27.9. The molecule has 5 rings (SSSR count). The number of thioether (sulfide) groups is 1. The number of fused-ring (bicyclic) bond motifs is 1. The van der Waals surface area contributed by atoms with Crippen LogP contribution >= 0.6 is 11.8 Å². The fraction of sp³-hybridized carbons (Fsp3) is 0.333. The van der Waals surface area contributed by atoms with Crippen LogP contribution in [0.2, 0.25) is 0 Å². The lowest BCUT2D eigenvalue weighted by molar-refractivity contribution is -0.130. The first-order valence-electron chi connectivity index (χ1n) is 14.1. The second kappa shape index (κ2) is 13.2. The summed E-state index contributed by atoms with van der Waals surface area (Å²) < 4.78 is 13.4. The van der Waals surface area contributed by atoms with Crippen molar-refractivity contribution in [3.05, 3.63) is 106 Å². The van der Waals surface area contributed by atoms with Gasteiger partial charge in [0.1, 0.15) is 5.82 Å². The summed E-state index contributed by atoms with van der Waals surface area (Å²) in [6.07, 6.45) is 7.17. The Bertz CT molecular complexity index is 1330. The van der Waals surface area contributed by atoms with Crippen molar-refractivity contribution in [2.75, 3.05) is 25.0 Å². The zero-order valence-corrected chi connectivity index (χ0v) is 23.7. The first-order valence-corrected chi connectivity index (χ1v) is 14.9. The molecule has 1 heterocycles. The summed E-state index contributed by atoms with van der Waals surface area (Å²) in [7, 11) is 2.05. The molecule has 5 nitrogen and oxygen atoms in total. The van der Waals surface area contributed by atoms with Crippen molar-refractivity contribution in [1.29, 1.82) is 0 Å². The minimum absolute atomic E-state index is 0.0276. The summed E-state index contributed by atoms with van der Waals surface area (Å²) in [4.78, 5) is 31.2. The van der Waals surface area contributed by atoms with E-state index in [-0.39, 0.29) is 23.7 Å². The predicted molar refractivity (Wildman–Crippen MR) is 162 cm³/mol. The maximum atomic E-state index is 13.6. The van der Waals surface area contributed by atoms with Gasteiger partial charge in [0.15, 0.2) is 0 Å². The molecule has 0 bridgehead atoms. The maximum Gasteiger partial charge on any atom is 0.260 e. The van der Waals surface area contributed by atoms with Crippen LogP contribution in [-0.2, 0) is 11.3 Å². The van der Waals surface area contributed by atoms with E-state index in [0.29, 0.717) is 23.9 Å². The third-order valence-electron chi connectivity index (χ3n) is 7.71. The molecule has 2 fully saturated rings. The van der Waals surface area contributed by atoms with Crippen LogP contribution in [0.15, 0.2) is 83.8 Å². The molecule has 1 aliphatic heterocycles. The number of anilines is 1. The smallest absolute Gasteiger partial charge is 0.260 e. The highest BCUT2D eigenvalue weighted by atomic mass is 32.2. The average Bonchev–Trinajstić information content (AvgIpc) is 2.99. The van der Waals surface area contributed by atoms with Crippen LogP contribution in [0, 0.1) is 5.82 Å². The minimum Gasteiger partial charge on any atom is -0.375 e. The van der Waals surface area contributed by atoms with E-state index in [9.17, 15) is 14.0 Å². The number of hydrogen-bond donors (Lipinski definition) is 1. The minimum atomic E-state index is -0.270. The average molecular weight is 558 g/mol. The molecule has 0 spiro atoms. The second-order valence-electron chi connectivity index (χ2n) is 10.6. The summed E-state index contributed by atoms with van der Waals surface area (Å²) in [6.45, 7) is 1.93. The van der Waals surface area contributed by atoms with Crippen LogP contribution in [-0.4, -0.2) is 48.1 Å². The normalized spacial score (nSPS) is 19.8. The number of hydrogen-bond acceptors (Lipinski definition) is 4. The number of nitrogens with one attached hydrogen (secondary N) is 1. The molecule has 2 aliphatic rings. The van der Waals surface area contributed by atoms with E-state index >= 15 is 0 Å². The number of carbonyl (C=O) groups excluding carboxylic acids is 2. The number of benzene rings is 3. The summed E-state index contributed by atoms with van der Waals surface area (Å²) in [5.41, 5.74) is 3.59. The Hall–Kier alpha value is -3.58. The van der Waals surface area contributed by atoms with Gasteiger partial charge in [-0.25, -0.2) is 4.39 Å². The lowest BCUT2D eigenvalue weighted by atomic mass is 9.92. The highest BCUT2D eigenvalue weighted by molar-refractivity contribution is 8.04. The van der Waals surface area contributed by atoms with Crippen LogP contribution in [0.5, 0.6) is 0 Å². The van der Waals surface area contributed by atoms with Crippen molar-refractivity contribution < 1.29 is 14.0 Å². The van der Waals surface area contributed by atoms with Crippen molar-refractivity contribution in [1.82, 2.24) is 10.2 Å². The summed E-state index contributed by atoms with van der Waals surface area (Å²) in [5.74, 6) is -0.340. The fourth-order valence-electron chi connectivity index (χ4n) is 5.46. The summed E-state index contributed by atoms with van der Waals surface area (Å²) in [6, 6.07) is 24.2. The van der Waals surface area contributed by atoms with Gasteiger partial charge < -0.3 is 15.1 Å². The SMILES string of the molecule is CN(CCCNC(=O)c1ccc(/C=C2\SC3CCCCC3N(Cc3ccc(F)cc3)C2=O)cc1)c1ccccc1. The molecule has 0 aromatic heterocycles. The lowest BCUT2D eigenvalue weighted by Crippen LogP contribution is -2.50. The van der Waals surface area contributed by atoms with Crippen molar-refractivity contribution in [3.8, 4) is 0 Å². The Labute approximate surface area is 240 Å². The van der Waals surface area contributed by atoms with E-state index in [2.05, 4.69) is 29.4 Å². The molecular formula is C33H36FN3O2S. The number of carbonyl (C=O) groups is 2. The van der Waals surface area contributed by atoms with E-state index in [1.54, 1.807) is 23.9 Å². The Kier molecular flexibility index (Phi) is 9.22. The van der Waals surface area contributed by atoms with Crippen molar-refractivity contribution in [2.45, 2.75) is 49.9 Å². The molecular weight excluding hydrogens is 521 g/mol. The third kappa shape index (κ3) is 6.94. The van der Waals surface area contributed by atoms with Crippen LogP contribution in [0.25, 0.3) is 6.08 Å². The quantitative estimate of drug-likeness (QED) is 0.241. The van der Waals surface area contributed by atoms with Gasteiger partial charge in [0, 0.05) is 49.2 Å². The van der Waals surface area contributed by atoms with Crippen LogP contribution in [0.4, 0.5) is 10.1 Å². The number of rotatable bonds is 9. The highest BCUT2D eigenvalue weighted by Gasteiger charge is 2.40. The topological polar surface area (TPSA) is 52.7 Å². The van der Waals surface area contributed by atoms with Gasteiger partial charge in [-0.05, 0) is 72.9 Å². The van der Waals surface area contributed by atoms with Gasteiger partial charge in [0.2, 0.25) is 0 Å². The standard InChI is InChI=1S/C33H36FN3O2S/c1-36(28-8-3-2-4-9-28)21-7-20-35-32(38)26-16-12-24(13-17-26)22-31-33(39)37(23-25-14-18-27(34)19-15-25)29-10-5-6-11-30(29)40-31/h2-4,8-9,12-19,22,29-30H,5-7,10-11,20-21,23H2,1H3,(H,35,38)/b31-22-. The molecule has 1 saturated carbocycles. The van der Waals surface area contributed by atoms with Crippen LogP contribution in [0.1, 0.15) is 53.6 Å². The highest BCUT2D eigenvalue weighted by Crippen LogP contribution is 2.42. The van der Waals surface area contributed by atoms with Gasteiger partial charge in [-0.1, -0.05) is 55.3 Å². The van der Waals surface area contributed by atoms with E-state index in [4.69, 9.17) is 0 Å². The van der Waals surface area contributed by atoms with Crippen LogP contribution < -0.4 is 10.2 Å². The number of halogens is 1. The molecule has 0 radical (unpaired) electrons. The monoisotopic (exact) mass is 557 g/mol. The molecule has 40 heavy (non-hydrogen) atoms. The molecule has 1 aliphatic carbocycles. The fourth-order valence-corrected chi connectivity index (χ4v) is 6.94. The largest absolute Gasteiger partial charge is 0.375 e. The van der Waals surface area contributed by atoms with E-state index < -0.39 is 0 Å². The number of para-hydroxylation sites is 1. The van der Waals surface area contributed by atoms with Crippen molar-refractivity contribution in [2.24, 2.45) is 0 Å². The Morgan fingerprint density at radius 1 is 1.02 bits per heavy atom. The lowest BCUT2D eigenvalue weighted by Gasteiger charge is -2.44. The van der Waals surface area contributed by atoms with Crippen molar-refractivity contribution >= 4 is 35.3 Å². The first-order chi connectivity index (χ1) is 19.5. The van der Waals surface area contributed by atoms with Gasteiger partial charge in [-0.3, -0.25) is 9.59 Å². The predicted octanol–water partition coefficient (Wildman–Crippen LogP) is 6.51. The van der Waals surface area contributed by atoms with E-state index in [1.807, 2.05) is 53.4 Å². The molecule has 3 aromatic carbocycles. The summed E-state index contributed by atoms with van der Waals surface area (Å²) >= 11 is 1.69. The van der Waals surface area contributed by atoms with Gasteiger partial charge in [0.25, 0.3) is 11.8 Å². The van der Waals surface area contributed by atoms with Gasteiger partial charge in [0.05, 0.1) is 4.91 Å². The van der Waals surface area contributed by atoms with Crippen LogP contribution in [0.3, 0.4) is 0 Å². The summed E-state index contributed by atoms with van der Waals surface area (Å²) in [5, 5.41) is 3.37. The van der Waals surface area contributed by atoms with E-state index in [1.165, 1.54) is 18.6 Å². The molecule has 2 amide bonds. The Morgan fingerprint density at radius 3 is 2.50 bits per heavy atom. The maximum absolute atomic E-state index is 13.6. The molecule has 2 unspecified atom stereocenters. The second-order valence-corrected chi connectivity index (χ2v) is 11.8. The molecule has 208 valence electrons. The Balaban J connectivity index is 1.20. The van der Waals surface area contributed by atoms with Gasteiger partial charge in [-0.15, -0.1) is 11.8 Å². The molecule has 1 N–H and O–H groups in total. The molecule has 7 heteroatoms. The molecule has 1 saturated heterocycles. The molecule has 2 atom stereocenters. The molecule has 3 aromatic rings. The first kappa shape index (κ1) is 28.0. The van der Waals surface area contributed by atoms with Crippen molar-refractivity contribution in [3.63, 3.8) is 0 Å². The third-order valence-corrected chi connectivity index (χ3v) is 9.11. The van der Waals surface area contributed by atoms with E-state index in [0.717, 1.165) is 53.9 Å². The number of nitrogens with zero attached hydrogens (tertiary/aromatic N) is 2.